The predicted molar refractivity (Wildman–Crippen MR) is 111 cm³/mol. The first-order valence-corrected chi connectivity index (χ1v) is 9.96. The maximum Gasteiger partial charge on any atom is 0.387 e. The Morgan fingerprint density at radius 3 is 2.30 bits per heavy atom. The van der Waals surface area contributed by atoms with E-state index in [9.17, 15) is 13.6 Å². The summed E-state index contributed by atoms with van der Waals surface area (Å²) < 4.78 is 34.6. The van der Waals surface area contributed by atoms with Crippen LogP contribution in [0, 0.1) is 0 Å². The maximum absolute atomic E-state index is 12.6. The number of nitrogens with one attached hydrogen (secondary N) is 1. The number of alkyl halides is 2. The molecule has 0 aromatic heterocycles. The molecule has 0 saturated carbocycles. The standard InChI is InChI=1S/C22H27F2N3O3/c1-3-26-10-12-27(13-11-26)15-16-4-7-18(8-5-16)25-21(28)17-6-9-19(29-2)20(14-17)30-22(23)24/h4-9,14,22H,3,10-13,15H2,1-2H3,(H,25,28). The lowest BCUT2D eigenvalue weighted by atomic mass is 10.1. The molecule has 0 bridgehead atoms. The molecule has 1 aliphatic rings. The Labute approximate surface area is 175 Å². The van der Waals surface area contributed by atoms with Crippen molar-refractivity contribution in [1.82, 2.24) is 9.80 Å². The van der Waals surface area contributed by atoms with Crippen molar-refractivity contribution in [1.29, 1.82) is 0 Å². The minimum absolute atomic E-state index is 0.135. The second kappa shape index (κ2) is 10.4. The molecule has 2 aromatic rings. The number of rotatable bonds is 8. The van der Waals surface area contributed by atoms with Gasteiger partial charge in [0.25, 0.3) is 5.91 Å². The first-order chi connectivity index (χ1) is 14.5. The van der Waals surface area contributed by atoms with E-state index in [1.54, 1.807) is 0 Å². The van der Waals surface area contributed by atoms with Gasteiger partial charge in [0.1, 0.15) is 0 Å². The fourth-order valence-electron chi connectivity index (χ4n) is 3.42. The van der Waals surface area contributed by atoms with Gasteiger partial charge in [0, 0.05) is 44.0 Å². The Kier molecular flexibility index (Phi) is 7.59. The van der Waals surface area contributed by atoms with Gasteiger partial charge in [-0.05, 0) is 42.4 Å². The molecule has 162 valence electrons. The van der Waals surface area contributed by atoms with Gasteiger partial charge in [-0.2, -0.15) is 8.78 Å². The number of amides is 1. The molecule has 1 amide bonds. The topological polar surface area (TPSA) is 54.0 Å². The van der Waals surface area contributed by atoms with Crippen LogP contribution < -0.4 is 14.8 Å². The summed E-state index contributed by atoms with van der Waals surface area (Å²) in [6, 6.07) is 11.8. The van der Waals surface area contributed by atoms with Crippen molar-refractivity contribution in [3.8, 4) is 11.5 Å². The van der Waals surface area contributed by atoms with Crippen LogP contribution in [0.15, 0.2) is 42.5 Å². The average molecular weight is 419 g/mol. The number of halogens is 2. The zero-order valence-electron chi connectivity index (χ0n) is 17.2. The number of methoxy groups -OCH3 is 1. The summed E-state index contributed by atoms with van der Waals surface area (Å²) in [5, 5.41) is 2.78. The molecule has 1 N–H and O–H groups in total. The van der Waals surface area contributed by atoms with Crippen LogP contribution in [-0.2, 0) is 6.54 Å². The molecule has 1 fully saturated rings. The Morgan fingerprint density at radius 2 is 1.70 bits per heavy atom. The van der Waals surface area contributed by atoms with E-state index in [4.69, 9.17) is 4.74 Å². The number of benzene rings is 2. The first-order valence-electron chi connectivity index (χ1n) is 9.96. The molecule has 1 saturated heterocycles. The fourth-order valence-corrected chi connectivity index (χ4v) is 3.42. The molecule has 3 rings (SSSR count). The second-order valence-electron chi connectivity index (χ2n) is 7.11. The number of carbonyl (C=O) groups is 1. The summed E-state index contributed by atoms with van der Waals surface area (Å²) in [7, 11) is 1.35. The summed E-state index contributed by atoms with van der Waals surface area (Å²) in [5.74, 6) is -0.463. The Morgan fingerprint density at radius 1 is 1.03 bits per heavy atom. The van der Waals surface area contributed by atoms with Crippen LogP contribution in [0.4, 0.5) is 14.5 Å². The summed E-state index contributed by atoms with van der Waals surface area (Å²) >= 11 is 0. The number of piperazine rings is 1. The number of anilines is 1. The number of nitrogens with zero attached hydrogens (tertiary/aromatic N) is 2. The third-order valence-electron chi connectivity index (χ3n) is 5.17. The molecule has 0 radical (unpaired) electrons. The molecule has 1 aliphatic heterocycles. The first kappa shape index (κ1) is 22.0. The third kappa shape index (κ3) is 5.90. The Bertz CT molecular complexity index is 838. The Balaban J connectivity index is 1.59. The number of ether oxygens (including phenoxy) is 2. The molecule has 6 nitrogen and oxygen atoms in total. The fraction of sp³-hybridized carbons (Fsp3) is 0.409. The molecule has 30 heavy (non-hydrogen) atoms. The van der Waals surface area contributed by atoms with Gasteiger partial charge >= 0.3 is 6.61 Å². The highest BCUT2D eigenvalue weighted by Gasteiger charge is 2.16. The highest BCUT2D eigenvalue weighted by molar-refractivity contribution is 6.04. The molecule has 2 aromatic carbocycles. The lowest BCUT2D eigenvalue weighted by molar-refractivity contribution is -0.0512. The van der Waals surface area contributed by atoms with E-state index >= 15 is 0 Å². The van der Waals surface area contributed by atoms with E-state index in [-0.39, 0.29) is 17.1 Å². The minimum atomic E-state index is -3.00. The van der Waals surface area contributed by atoms with Gasteiger partial charge in [-0.1, -0.05) is 19.1 Å². The smallest absolute Gasteiger partial charge is 0.387 e. The average Bonchev–Trinajstić information content (AvgIpc) is 2.75. The normalized spacial score (nSPS) is 15.2. The van der Waals surface area contributed by atoms with Crippen LogP contribution >= 0.6 is 0 Å². The molecule has 0 aliphatic carbocycles. The van der Waals surface area contributed by atoms with Crippen LogP contribution in [0.3, 0.4) is 0 Å². The van der Waals surface area contributed by atoms with E-state index in [0.717, 1.165) is 39.3 Å². The highest BCUT2D eigenvalue weighted by atomic mass is 19.3. The van der Waals surface area contributed by atoms with E-state index < -0.39 is 12.5 Å². The summed E-state index contributed by atoms with van der Waals surface area (Å²) in [6.07, 6.45) is 0. The van der Waals surface area contributed by atoms with E-state index in [1.165, 1.54) is 30.9 Å². The van der Waals surface area contributed by atoms with Crippen molar-refractivity contribution in [3.63, 3.8) is 0 Å². The lowest BCUT2D eigenvalue weighted by Gasteiger charge is -2.34. The monoisotopic (exact) mass is 419 g/mol. The zero-order chi connectivity index (χ0) is 21.5. The van der Waals surface area contributed by atoms with Crippen LogP contribution in [-0.4, -0.2) is 62.2 Å². The Hall–Kier alpha value is -2.71. The molecule has 0 spiro atoms. The van der Waals surface area contributed by atoms with E-state index in [0.29, 0.717) is 5.69 Å². The number of hydrogen-bond acceptors (Lipinski definition) is 5. The van der Waals surface area contributed by atoms with E-state index in [2.05, 4.69) is 26.8 Å². The molecule has 1 heterocycles. The van der Waals surface area contributed by atoms with Gasteiger partial charge in [0.05, 0.1) is 7.11 Å². The predicted octanol–water partition coefficient (Wildman–Crippen LogP) is 3.69. The zero-order valence-corrected chi connectivity index (χ0v) is 17.2. The number of likely N-dealkylation sites (N-methyl/N-ethyl adjacent to an activating group) is 1. The lowest BCUT2D eigenvalue weighted by Crippen LogP contribution is -2.45. The van der Waals surface area contributed by atoms with Crippen LogP contribution in [0.5, 0.6) is 11.5 Å². The molecule has 0 atom stereocenters. The van der Waals surface area contributed by atoms with Crippen molar-refractivity contribution in [3.05, 3.63) is 53.6 Å². The minimum Gasteiger partial charge on any atom is -0.493 e. The van der Waals surface area contributed by atoms with Gasteiger partial charge in [0.15, 0.2) is 11.5 Å². The molecule has 8 heteroatoms. The van der Waals surface area contributed by atoms with Gasteiger partial charge in [-0.25, -0.2) is 0 Å². The van der Waals surface area contributed by atoms with Crippen molar-refractivity contribution >= 4 is 11.6 Å². The maximum atomic E-state index is 12.6. The summed E-state index contributed by atoms with van der Waals surface area (Å²) in [6.45, 7) is 5.41. The van der Waals surface area contributed by atoms with Crippen LogP contribution in [0.2, 0.25) is 0 Å². The van der Waals surface area contributed by atoms with Gasteiger partial charge in [-0.15, -0.1) is 0 Å². The van der Waals surface area contributed by atoms with Crippen molar-refractivity contribution in [2.45, 2.75) is 20.1 Å². The summed E-state index contributed by atoms with van der Waals surface area (Å²) in [4.78, 5) is 17.4. The van der Waals surface area contributed by atoms with Crippen molar-refractivity contribution in [2.24, 2.45) is 0 Å². The summed E-state index contributed by atoms with van der Waals surface area (Å²) in [5.41, 5.74) is 2.01. The number of hydrogen-bond donors (Lipinski definition) is 1. The van der Waals surface area contributed by atoms with Gasteiger partial charge in [0.2, 0.25) is 0 Å². The molecular formula is C22H27F2N3O3. The van der Waals surface area contributed by atoms with Crippen LogP contribution in [0.1, 0.15) is 22.8 Å². The van der Waals surface area contributed by atoms with Crippen molar-refractivity contribution < 1.29 is 23.0 Å². The highest BCUT2D eigenvalue weighted by Crippen LogP contribution is 2.29. The molecular weight excluding hydrogens is 392 g/mol. The molecule has 0 unspecified atom stereocenters. The largest absolute Gasteiger partial charge is 0.493 e. The second-order valence-corrected chi connectivity index (χ2v) is 7.11. The quantitative estimate of drug-likeness (QED) is 0.707. The van der Waals surface area contributed by atoms with Crippen molar-refractivity contribution in [2.75, 3.05) is 45.2 Å². The van der Waals surface area contributed by atoms with Gasteiger partial charge < -0.3 is 19.7 Å². The number of carbonyl (C=O) groups excluding carboxylic acids is 1. The van der Waals surface area contributed by atoms with Gasteiger partial charge in [-0.3, -0.25) is 9.69 Å². The SMILES string of the molecule is CCN1CCN(Cc2ccc(NC(=O)c3ccc(OC)c(OC(F)F)c3)cc2)CC1. The van der Waals surface area contributed by atoms with Crippen LogP contribution in [0.25, 0.3) is 0 Å². The third-order valence-corrected chi connectivity index (χ3v) is 5.17. The van der Waals surface area contributed by atoms with E-state index in [1.807, 2.05) is 24.3 Å².